The standard InChI is InChI=1S/C15H11Cl2N3O3S/c1-20(10-4-3-7-23-10)14-11(17)12(15(21)22-2)18-13(19-14)8-5-6-9(16)24-8/h3-7H,1-2H3. The zero-order valence-electron chi connectivity index (χ0n) is 12.6. The maximum atomic E-state index is 12.0. The van der Waals surface area contributed by atoms with Gasteiger partial charge in [0.15, 0.2) is 17.3 Å². The number of thiophene rings is 1. The van der Waals surface area contributed by atoms with Crippen LogP contribution in [0.2, 0.25) is 9.36 Å². The number of furan rings is 1. The summed E-state index contributed by atoms with van der Waals surface area (Å²) in [6.07, 6.45) is 1.53. The third-order valence-corrected chi connectivity index (χ3v) is 4.74. The molecule has 0 spiro atoms. The van der Waals surface area contributed by atoms with Gasteiger partial charge in [-0.15, -0.1) is 11.3 Å². The molecule has 0 bridgehead atoms. The third kappa shape index (κ3) is 3.10. The quantitative estimate of drug-likeness (QED) is 0.610. The molecule has 3 heterocycles. The summed E-state index contributed by atoms with van der Waals surface area (Å²) >= 11 is 13.6. The number of nitrogens with zero attached hydrogens (tertiary/aromatic N) is 3. The van der Waals surface area contributed by atoms with Gasteiger partial charge in [0.25, 0.3) is 0 Å². The van der Waals surface area contributed by atoms with Gasteiger partial charge in [-0.2, -0.15) is 0 Å². The molecule has 24 heavy (non-hydrogen) atoms. The minimum Gasteiger partial charge on any atom is -0.464 e. The molecule has 0 fully saturated rings. The fourth-order valence-electron chi connectivity index (χ4n) is 2.00. The summed E-state index contributed by atoms with van der Waals surface area (Å²) in [6, 6.07) is 6.99. The maximum Gasteiger partial charge on any atom is 0.358 e. The first kappa shape index (κ1) is 16.8. The lowest BCUT2D eigenvalue weighted by atomic mass is 10.3. The first-order valence-corrected chi connectivity index (χ1v) is 8.27. The number of halogens is 2. The lowest BCUT2D eigenvalue weighted by molar-refractivity contribution is 0.0594. The van der Waals surface area contributed by atoms with Gasteiger partial charge in [-0.1, -0.05) is 23.2 Å². The Labute approximate surface area is 151 Å². The SMILES string of the molecule is COC(=O)c1nc(-c2ccc(Cl)s2)nc(N(C)c2ccco2)c1Cl. The van der Waals surface area contributed by atoms with E-state index in [9.17, 15) is 4.79 Å². The second-order valence-electron chi connectivity index (χ2n) is 4.64. The van der Waals surface area contributed by atoms with Crippen LogP contribution in [0.25, 0.3) is 10.7 Å². The van der Waals surface area contributed by atoms with Crippen LogP contribution in [0.5, 0.6) is 0 Å². The number of carbonyl (C=O) groups excluding carboxylic acids is 1. The number of rotatable bonds is 4. The Hall–Kier alpha value is -2.09. The maximum absolute atomic E-state index is 12.0. The van der Waals surface area contributed by atoms with Gasteiger partial charge < -0.3 is 9.15 Å². The lowest BCUT2D eigenvalue weighted by Crippen LogP contribution is -2.16. The van der Waals surface area contributed by atoms with Crippen LogP contribution in [-0.2, 0) is 4.74 Å². The minimum atomic E-state index is -0.652. The van der Waals surface area contributed by atoms with Crippen molar-refractivity contribution < 1.29 is 13.9 Å². The molecule has 0 aliphatic heterocycles. The summed E-state index contributed by atoms with van der Waals surface area (Å²) < 4.78 is 10.7. The molecule has 0 aliphatic carbocycles. The summed E-state index contributed by atoms with van der Waals surface area (Å²) in [5.74, 6) is 0.508. The highest BCUT2D eigenvalue weighted by molar-refractivity contribution is 7.19. The van der Waals surface area contributed by atoms with Gasteiger partial charge in [0.2, 0.25) is 5.88 Å². The van der Waals surface area contributed by atoms with Crippen LogP contribution in [0.3, 0.4) is 0 Å². The van der Waals surface area contributed by atoms with Crippen molar-refractivity contribution in [3.05, 3.63) is 45.6 Å². The summed E-state index contributed by atoms with van der Waals surface area (Å²) in [4.78, 5) is 23.0. The van der Waals surface area contributed by atoms with Crippen LogP contribution in [0, 0.1) is 0 Å². The summed E-state index contributed by atoms with van der Waals surface area (Å²) in [5.41, 5.74) is -0.0258. The molecule has 0 aromatic carbocycles. The molecule has 0 aliphatic rings. The van der Waals surface area contributed by atoms with E-state index >= 15 is 0 Å². The van der Waals surface area contributed by atoms with E-state index in [1.165, 1.54) is 24.7 Å². The predicted octanol–water partition coefficient (Wildman–Crippen LogP) is 4.66. The van der Waals surface area contributed by atoms with E-state index in [0.717, 1.165) is 0 Å². The number of carbonyl (C=O) groups is 1. The summed E-state index contributed by atoms with van der Waals surface area (Å²) in [6.45, 7) is 0. The molecular formula is C15H11Cl2N3O3S. The third-order valence-electron chi connectivity index (χ3n) is 3.16. The van der Waals surface area contributed by atoms with Crippen molar-refractivity contribution in [1.29, 1.82) is 0 Å². The molecule has 0 unspecified atom stereocenters. The highest BCUT2D eigenvalue weighted by Gasteiger charge is 2.24. The van der Waals surface area contributed by atoms with E-state index in [1.54, 1.807) is 36.2 Å². The van der Waals surface area contributed by atoms with Crippen LogP contribution in [0.4, 0.5) is 11.7 Å². The topological polar surface area (TPSA) is 68.5 Å². The van der Waals surface area contributed by atoms with E-state index < -0.39 is 5.97 Å². The average Bonchev–Trinajstić information content (AvgIpc) is 3.25. The van der Waals surface area contributed by atoms with Gasteiger partial charge in [-0.25, -0.2) is 14.8 Å². The Morgan fingerprint density at radius 3 is 2.67 bits per heavy atom. The summed E-state index contributed by atoms with van der Waals surface area (Å²) in [5, 5.41) is 0.0761. The second kappa shape index (κ2) is 6.80. The van der Waals surface area contributed by atoms with E-state index in [1.807, 2.05) is 0 Å². The van der Waals surface area contributed by atoms with E-state index in [-0.39, 0.29) is 10.7 Å². The molecular weight excluding hydrogens is 373 g/mol. The van der Waals surface area contributed by atoms with Crippen molar-refractivity contribution in [3.63, 3.8) is 0 Å². The van der Waals surface area contributed by atoms with Gasteiger partial charge in [0.05, 0.1) is 22.6 Å². The van der Waals surface area contributed by atoms with Crippen molar-refractivity contribution in [3.8, 4) is 10.7 Å². The molecule has 3 aromatic heterocycles. The highest BCUT2D eigenvalue weighted by atomic mass is 35.5. The van der Waals surface area contributed by atoms with Crippen LogP contribution < -0.4 is 4.90 Å². The first-order chi connectivity index (χ1) is 11.5. The Balaban J connectivity index is 2.18. The molecule has 0 saturated heterocycles. The van der Waals surface area contributed by atoms with Crippen LogP contribution in [-0.4, -0.2) is 30.1 Å². The largest absolute Gasteiger partial charge is 0.464 e. The van der Waals surface area contributed by atoms with E-state index in [4.69, 9.17) is 32.4 Å². The van der Waals surface area contributed by atoms with Gasteiger partial charge in [0.1, 0.15) is 5.02 Å². The van der Waals surface area contributed by atoms with Crippen LogP contribution in [0.1, 0.15) is 10.5 Å². The highest BCUT2D eigenvalue weighted by Crippen LogP contribution is 2.35. The molecule has 3 rings (SSSR count). The molecule has 0 N–H and O–H groups in total. The number of esters is 1. The molecule has 124 valence electrons. The molecule has 0 atom stereocenters. The average molecular weight is 384 g/mol. The van der Waals surface area contributed by atoms with Crippen molar-refractivity contribution >= 4 is 52.2 Å². The monoisotopic (exact) mass is 383 g/mol. The van der Waals surface area contributed by atoms with Crippen LogP contribution in [0.15, 0.2) is 34.9 Å². The van der Waals surface area contributed by atoms with Gasteiger partial charge >= 0.3 is 5.97 Å². The normalized spacial score (nSPS) is 10.7. The number of ether oxygens (including phenoxy) is 1. The molecule has 0 amide bonds. The van der Waals surface area contributed by atoms with E-state index in [0.29, 0.717) is 26.7 Å². The first-order valence-electron chi connectivity index (χ1n) is 6.70. The van der Waals surface area contributed by atoms with E-state index in [2.05, 4.69) is 9.97 Å². The second-order valence-corrected chi connectivity index (χ2v) is 6.73. The molecule has 9 heteroatoms. The van der Waals surface area contributed by atoms with Crippen LogP contribution >= 0.6 is 34.5 Å². The van der Waals surface area contributed by atoms with Crippen molar-refractivity contribution in [2.75, 3.05) is 19.1 Å². The Morgan fingerprint density at radius 1 is 1.29 bits per heavy atom. The Bertz CT molecular complexity index is 880. The predicted molar refractivity (Wildman–Crippen MR) is 93.5 cm³/mol. The molecule has 0 radical (unpaired) electrons. The smallest absolute Gasteiger partial charge is 0.358 e. The fraction of sp³-hybridized carbons (Fsp3) is 0.133. The Kier molecular flexibility index (Phi) is 4.75. The number of hydrogen-bond donors (Lipinski definition) is 0. The van der Waals surface area contributed by atoms with Crippen molar-refractivity contribution in [1.82, 2.24) is 9.97 Å². The molecule has 0 saturated carbocycles. The van der Waals surface area contributed by atoms with Gasteiger partial charge in [-0.3, -0.25) is 4.90 Å². The summed E-state index contributed by atoms with van der Waals surface area (Å²) in [7, 11) is 2.98. The number of aromatic nitrogens is 2. The van der Waals surface area contributed by atoms with Crippen molar-refractivity contribution in [2.24, 2.45) is 0 Å². The van der Waals surface area contributed by atoms with Gasteiger partial charge in [0, 0.05) is 13.1 Å². The number of hydrogen-bond acceptors (Lipinski definition) is 7. The minimum absolute atomic E-state index is 0.0258. The molecule has 6 nitrogen and oxygen atoms in total. The molecule has 3 aromatic rings. The number of methoxy groups -OCH3 is 1. The van der Waals surface area contributed by atoms with Crippen molar-refractivity contribution in [2.45, 2.75) is 0 Å². The van der Waals surface area contributed by atoms with Gasteiger partial charge in [-0.05, 0) is 18.2 Å². The Morgan fingerprint density at radius 2 is 2.08 bits per heavy atom. The zero-order chi connectivity index (χ0) is 17.3. The number of anilines is 2. The fourth-order valence-corrected chi connectivity index (χ4v) is 3.26. The zero-order valence-corrected chi connectivity index (χ0v) is 14.9. The lowest BCUT2D eigenvalue weighted by Gasteiger charge is -2.18.